The van der Waals surface area contributed by atoms with E-state index in [-0.39, 0.29) is 18.1 Å². The maximum atomic E-state index is 13.1. The molecule has 4 nitrogen and oxygen atoms in total. The first-order valence-corrected chi connectivity index (χ1v) is 9.37. The highest BCUT2D eigenvalue weighted by Crippen LogP contribution is 2.41. The molecule has 27 heavy (non-hydrogen) atoms. The number of carbonyl (C=O) groups excluding carboxylic acids is 1. The largest absolute Gasteiger partial charge is 0.416 e. The van der Waals surface area contributed by atoms with E-state index < -0.39 is 17.3 Å². The molecule has 0 amide bonds. The van der Waals surface area contributed by atoms with Gasteiger partial charge in [0.15, 0.2) is 0 Å². The summed E-state index contributed by atoms with van der Waals surface area (Å²) in [6.45, 7) is 3.19. The lowest BCUT2D eigenvalue weighted by atomic mass is 9.78. The van der Waals surface area contributed by atoms with E-state index in [4.69, 9.17) is 0 Å². The van der Waals surface area contributed by atoms with E-state index >= 15 is 0 Å². The molecule has 148 valence electrons. The fourth-order valence-corrected chi connectivity index (χ4v) is 3.64. The first-order chi connectivity index (χ1) is 12.5. The second kappa shape index (κ2) is 7.26. The van der Waals surface area contributed by atoms with E-state index in [9.17, 15) is 23.1 Å². The van der Waals surface area contributed by atoms with Gasteiger partial charge in [0, 0.05) is 24.6 Å². The average Bonchev–Trinajstić information content (AvgIpc) is 2.81. The summed E-state index contributed by atoms with van der Waals surface area (Å²) < 4.78 is 40.8. The lowest BCUT2D eigenvalue weighted by Gasteiger charge is -2.26. The van der Waals surface area contributed by atoms with Crippen LogP contribution in [0.25, 0.3) is 5.52 Å². The van der Waals surface area contributed by atoms with Crippen LogP contribution in [0.4, 0.5) is 13.2 Å². The molecule has 0 aromatic carbocycles. The smallest absolute Gasteiger partial charge is 0.390 e. The van der Waals surface area contributed by atoms with Crippen LogP contribution in [-0.4, -0.2) is 26.1 Å². The van der Waals surface area contributed by atoms with Crippen molar-refractivity contribution in [3.63, 3.8) is 0 Å². The molecule has 0 radical (unpaired) electrons. The molecule has 2 aromatic rings. The minimum atomic E-state index is -4.38. The Kier molecular flexibility index (Phi) is 5.34. The van der Waals surface area contributed by atoms with Crippen molar-refractivity contribution in [2.45, 2.75) is 76.5 Å². The maximum absolute atomic E-state index is 13.1. The van der Waals surface area contributed by atoms with Gasteiger partial charge in [-0.1, -0.05) is 6.42 Å². The highest BCUT2D eigenvalue weighted by atomic mass is 19.4. The minimum Gasteiger partial charge on any atom is -0.390 e. The normalized spacial score (nSPS) is 15.9. The van der Waals surface area contributed by atoms with Crippen molar-refractivity contribution >= 4 is 11.3 Å². The summed E-state index contributed by atoms with van der Waals surface area (Å²) in [6.07, 6.45) is 1.53. The summed E-state index contributed by atoms with van der Waals surface area (Å²) in [5.41, 5.74) is 0.526. The molecule has 2 heterocycles. The van der Waals surface area contributed by atoms with Gasteiger partial charge in [0.05, 0.1) is 22.4 Å². The Morgan fingerprint density at radius 1 is 1.33 bits per heavy atom. The van der Waals surface area contributed by atoms with E-state index in [0.29, 0.717) is 24.8 Å². The lowest BCUT2D eigenvalue weighted by Crippen LogP contribution is -2.23. The number of halogens is 3. The quantitative estimate of drug-likeness (QED) is 0.757. The van der Waals surface area contributed by atoms with E-state index in [0.717, 1.165) is 36.6 Å². The predicted octanol–water partition coefficient (Wildman–Crippen LogP) is 4.67. The number of ketones is 1. The van der Waals surface area contributed by atoms with Crippen LogP contribution < -0.4 is 0 Å². The van der Waals surface area contributed by atoms with E-state index in [1.165, 1.54) is 16.8 Å². The summed E-state index contributed by atoms with van der Waals surface area (Å²) in [5, 5.41) is 14.2. The first-order valence-electron chi connectivity index (χ1n) is 9.37. The molecule has 7 heteroatoms. The monoisotopic (exact) mass is 382 g/mol. The topological polar surface area (TPSA) is 54.6 Å². The first kappa shape index (κ1) is 19.9. The molecule has 0 unspecified atom stereocenters. The van der Waals surface area contributed by atoms with Gasteiger partial charge >= 0.3 is 6.18 Å². The number of Topliss-reactive ketones (excluding diaryl/α,β-unsaturated/α-hetero) is 1. The zero-order valence-electron chi connectivity index (χ0n) is 15.6. The molecule has 0 aliphatic heterocycles. The summed E-state index contributed by atoms with van der Waals surface area (Å²) in [5.74, 6) is 0.226. The second-order valence-corrected chi connectivity index (χ2v) is 8.11. The van der Waals surface area contributed by atoms with Crippen LogP contribution >= 0.6 is 0 Å². The predicted molar refractivity (Wildman–Crippen MR) is 95.6 cm³/mol. The van der Waals surface area contributed by atoms with Crippen LogP contribution in [0.15, 0.2) is 18.3 Å². The third-order valence-corrected chi connectivity index (χ3v) is 5.09. The molecule has 1 aliphatic rings. The molecule has 0 atom stereocenters. The Morgan fingerprint density at radius 3 is 2.59 bits per heavy atom. The van der Waals surface area contributed by atoms with Gasteiger partial charge in [-0.25, -0.2) is 4.52 Å². The number of carbonyl (C=O) groups is 1. The van der Waals surface area contributed by atoms with Crippen molar-refractivity contribution in [1.29, 1.82) is 0 Å². The molecule has 1 fully saturated rings. The van der Waals surface area contributed by atoms with Gasteiger partial charge in [-0.2, -0.15) is 18.3 Å². The molecular formula is C20H25F3N2O2. The number of aryl methyl sites for hydroxylation is 1. The van der Waals surface area contributed by atoms with Crippen LogP contribution in [0.3, 0.4) is 0 Å². The Labute approximate surface area is 156 Å². The molecule has 2 aromatic heterocycles. The number of aromatic nitrogens is 2. The number of aliphatic hydroxyl groups is 1. The van der Waals surface area contributed by atoms with Crippen molar-refractivity contribution < 1.29 is 23.1 Å². The Morgan fingerprint density at radius 2 is 2.04 bits per heavy atom. The molecule has 1 N–H and O–H groups in total. The summed E-state index contributed by atoms with van der Waals surface area (Å²) in [7, 11) is 0. The number of alkyl halides is 3. The summed E-state index contributed by atoms with van der Waals surface area (Å²) in [6, 6.07) is 2.23. The summed E-state index contributed by atoms with van der Waals surface area (Å²) >= 11 is 0. The van der Waals surface area contributed by atoms with Crippen LogP contribution in [0.1, 0.15) is 75.1 Å². The van der Waals surface area contributed by atoms with Crippen molar-refractivity contribution in [2.75, 3.05) is 0 Å². The fourth-order valence-electron chi connectivity index (χ4n) is 3.64. The second-order valence-electron chi connectivity index (χ2n) is 8.11. The third kappa shape index (κ3) is 4.69. The van der Waals surface area contributed by atoms with Crippen molar-refractivity contribution in [3.8, 4) is 0 Å². The zero-order valence-corrected chi connectivity index (χ0v) is 15.6. The van der Waals surface area contributed by atoms with Crippen LogP contribution in [-0.2, 0) is 17.4 Å². The Balaban J connectivity index is 1.81. The molecule has 3 rings (SSSR count). The van der Waals surface area contributed by atoms with Gasteiger partial charge in [-0.05, 0) is 57.6 Å². The van der Waals surface area contributed by atoms with Crippen LogP contribution in [0.5, 0.6) is 0 Å². The number of hydrogen-bond acceptors (Lipinski definition) is 3. The van der Waals surface area contributed by atoms with E-state index in [2.05, 4.69) is 5.10 Å². The van der Waals surface area contributed by atoms with Gasteiger partial charge in [-0.15, -0.1) is 0 Å². The number of rotatable bonds is 7. The van der Waals surface area contributed by atoms with Crippen molar-refractivity contribution in [2.24, 2.45) is 0 Å². The van der Waals surface area contributed by atoms with Crippen LogP contribution in [0.2, 0.25) is 0 Å². The van der Waals surface area contributed by atoms with Gasteiger partial charge in [0.25, 0.3) is 0 Å². The zero-order chi connectivity index (χ0) is 19.8. The molecule has 0 saturated heterocycles. The van der Waals surface area contributed by atoms with Crippen molar-refractivity contribution in [3.05, 3.63) is 35.2 Å². The number of fused-ring (bicyclic) bond motifs is 1. The molecule has 1 saturated carbocycles. The molecule has 0 bridgehead atoms. The fraction of sp³-hybridized carbons (Fsp3) is 0.600. The number of pyridine rings is 1. The third-order valence-electron chi connectivity index (χ3n) is 5.09. The SMILES string of the molecule is CC(C)(O)CC(=O)CCCc1nn2ccc(C(F)(F)F)cc2c1C1CCC1. The van der Waals surface area contributed by atoms with Crippen molar-refractivity contribution in [1.82, 2.24) is 9.61 Å². The van der Waals surface area contributed by atoms with E-state index in [1.54, 1.807) is 13.8 Å². The Bertz CT molecular complexity index is 830. The Hall–Kier alpha value is -1.89. The highest BCUT2D eigenvalue weighted by molar-refractivity contribution is 5.79. The lowest BCUT2D eigenvalue weighted by molar-refractivity contribution is -0.137. The maximum Gasteiger partial charge on any atom is 0.416 e. The van der Waals surface area contributed by atoms with Gasteiger partial charge in [-0.3, -0.25) is 4.79 Å². The van der Waals surface area contributed by atoms with E-state index in [1.807, 2.05) is 0 Å². The van der Waals surface area contributed by atoms with Gasteiger partial charge in [0.1, 0.15) is 5.78 Å². The molecule has 1 aliphatic carbocycles. The summed E-state index contributed by atoms with van der Waals surface area (Å²) in [4.78, 5) is 12.0. The average molecular weight is 382 g/mol. The molecular weight excluding hydrogens is 357 g/mol. The van der Waals surface area contributed by atoms with Gasteiger partial charge in [0.2, 0.25) is 0 Å². The number of nitrogens with zero attached hydrogens (tertiary/aromatic N) is 2. The molecule has 0 spiro atoms. The number of hydrogen-bond donors (Lipinski definition) is 1. The minimum absolute atomic E-state index is 0.0178. The standard InChI is InChI=1S/C20H25F3N2O2/c1-19(2,27)12-15(26)7-4-8-16-18(13-5-3-6-13)17-11-14(20(21,22)23)9-10-25(17)24-16/h9-11,13,27H,3-8,12H2,1-2H3. The van der Waals surface area contributed by atoms with Crippen LogP contribution in [0, 0.1) is 0 Å². The van der Waals surface area contributed by atoms with Gasteiger partial charge < -0.3 is 5.11 Å². The highest BCUT2D eigenvalue weighted by Gasteiger charge is 2.33.